The summed E-state index contributed by atoms with van der Waals surface area (Å²) in [6.45, 7) is 5.97. The second-order valence-electron chi connectivity index (χ2n) is 9.03. The van der Waals surface area contributed by atoms with Gasteiger partial charge in [0.05, 0.1) is 30.0 Å². The molecule has 1 unspecified atom stereocenters. The predicted octanol–water partition coefficient (Wildman–Crippen LogP) is 5.10. The molecule has 1 aliphatic rings. The minimum absolute atomic E-state index is 0.0740. The van der Waals surface area contributed by atoms with Gasteiger partial charge in [0.2, 0.25) is 11.8 Å². The lowest BCUT2D eigenvalue weighted by Crippen LogP contribution is -2.31. The molecule has 0 fully saturated rings. The molecule has 1 amide bonds. The van der Waals surface area contributed by atoms with E-state index in [1.54, 1.807) is 35.4 Å². The van der Waals surface area contributed by atoms with E-state index in [4.69, 9.17) is 27.1 Å². The minimum atomic E-state index is -0.517. The number of benzene rings is 2. The highest BCUT2D eigenvalue weighted by Gasteiger charge is 2.45. The van der Waals surface area contributed by atoms with Gasteiger partial charge in [-0.15, -0.1) is 0 Å². The second kappa shape index (κ2) is 9.22. The lowest BCUT2D eigenvalue weighted by Gasteiger charge is -2.29. The molecule has 0 aliphatic carbocycles. The number of nitrogens with zero attached hydrogens (tertiary/aromatic N) is 6. The van der Waals surface area contributed by atoms with Crippen molar-refractivity contribution < 1.29 is 9.53 Å². The first-order valence-corrected chi connectivity index (χ1v) is 12.0. The van der Waals surface area contributed by atoms with Crippen molar-refractivity contribution in [1.82, 2.24) is 19.5 Å². The molecule has 3 heterocycles. The van der Waals surface area contributed by atoms with Crippen molar-refractivity contribution in [3.05, 3.63) is 81.8 Å². The maximum Gasteiger partial charge on any atom is 0.279 e. The number of aromatic nitrogens is 4. The van der Waals surface area contributed by atoms with E-state index < -0.39 is 6.04 Å². The van der Waals surface area contributed by atoms with Gasteiger partial charge in [-0.3, -0.25) is 9.69 Å². The number of ether oxygens (including phenoxy) is 1. The molecule has 0 spiro atoms. The van der Waals surface area contributed by atoms with E-state index in [0.29, 0.717) is 33.4 Å². The van der Waals surface area contributed by atoms with Gasteiger partial charge < -0.3 is 15.0 Å². The Bertz CT molecular complexity index is 1570. The first-order valence-electron chi connectivity index (χ1n) is 11.6. The quantitative estimate of drug-likeness (QED) is 0.394. The van der Waals surface area contributed by atoms with Crippen LogP contribution in [-0.4, -0.2) is 32.5 Å². The highest BCUT2D eigenvalue weighted by molar-refractivity contribution is 6.31. The molecule has 2 aromatic carbocycles. The number of halogens is 1. The third kappa shape index (κ3) is 3.96. The standard InChI is InChI=1S/C27H24ClN7O2/c1-14(2)34-23-21(32-24(34)19-13-31-27(30)33-25(19)37-4)26(36)35(20-11-18(28)10-5-15(20)3)22(23)17-8-6-16(12-29)7-9-17/h5-11,13-14,22H,1-4H3,(H2,30,31,33). The summed E-state index contributed by atoms with van der Waals surface area (Å²) < 4.78 is 7.48. The maximum atomic E-state index is 14.1. The minimum Gasteiger partial charge on any atom is -0.480 e. The van der Waals surface area contributed by atoms with Crippen molar-refractivity contribution in [3.63, 3.8) is 0 Å². The Morgan fingerprint density at radius 3 is 2.54 bits per heavy atom. The van der Waals surface area contributed by atoms with E-state index in [1.165, 1.54) is 7.11 Å². The molecular weight excluding hydrogens is 490 g/mol. The van der Waals surface area contributed by atoms with Gasteiger partial charge in [0.1, 0.15) is 11.9 Å². The van der Waals surface area contributed by atoms with Crippen LogP contribution in [0.5, 0.6) is 5.88 Å². The predicted molar refractivity (Wildman–Crippen MR) is 141 cm³/mol. The molecule has 9 nitrogen and oxygen atoms in total. The number of aryl methyl sites for hydroxylation is 1. The zero-order valence-corrected chi connectivity index (χ0v) is 21.5. The summed E-state index contributed by atoms with van der Waals surface area (Å²) in [6, 6.07) is 14.2. The maximum absolute atomic E-state index is 14.1. The second-order valence-corrected chi connectivity index (χ2v) is 9.46. The Kier molecular flexibility index (Phi) is 6.05. The van der Waals surface area contributed by atoms with Gasteiger partial charge in [-0.1, -0.05) is 29.8 Å². The fourth-order valence-electron chi connectivity index (χ4n) is 4.76. The monoisotopic (exact) mass is 513 g/mol. The smallest absolute Gasteiger partial charge is 0.279 e. The molecule has 37 heavy (non-hydrogen) atoms. The number of carbonyl (C=O) groups excluding carboxylic acids is 1. The van der Waals surface area contributed by atoms with Gasteiger partial charge in [-0.25, -0.2) is 9.97 Å². The lowest BCUT2D eigenvalue weighted by atomic mass is 10.0. The van der Waals surface area contributed by atoms with Gasteiger partial charge in [-0.05, 0) is 56.2 Å². The summed E-state index contributed by atoms with van der Waals surface area (Å²) in [5, 5.41) is 9.85. The van der Waals surface area contributed by atoms with Gasteiger partial charge in [0.25, 0.3) is 5.91 Å². The topological polar surface area (TPSA) is 123 Å². The summed E-state index contributed by atoms with van der Waals surface area (Å²) in [7, 11) is 1.50. The van der Waals surface area contributed by atoms with Crippen LogP contribution in [0.1, 0.15) is 58.8 Å². The third-order valence-electron chi connectivity index (χ3n) is 6.40. The van der Waals surface area contributed by atoms with Crippen molar-refractivity contribution >= 4 is 29.1 Å². The van der Waals surface area contributed by atoms with E-state index >= 15 is 0 Å². The molecule has 5 rings (SSSR count). The van der Waals surface area contributed by atoms with Gasteiger partial charge in [0.15, 0.2) is 5.69 Å². The number of fused-ring (bicyclic) bond motifs is 1. The van der Waals surface area contributed by atoms with Crippen molar-refractivity contribution in [2.24, 2.45) is 0 Å². The molecule has 186 valence electrons. The Hall–Kier alpha value is -4.42. The number of amides is 1. The fourth-order valence-corrected chi connectivity index (χ4v) is 4.92. The number of rotatable bonds is 5. The van der Waals surface area contributed by atoms with Crippen molar-refractivity contribution in [3.8, 4) is 23.3 Å². The molecule has 10 heteroatoms. The van der Waals surface area contributed by atoms with Crippen molar-refractivity contribution in [1.29, 1.82) is 5.26 Å². The van der Waals surface area contributed by atoms with Gasteiger partial charge >= 0.3 is 0 Å². The van der Waals surface area contributed by atoms with Crippen LogP contribution >= 0.6 is 11.6 Å². The van der Waals surface area contributed by atoms with E-state index in [1.807, 2.05) is 43.5 Å². The fraction of sp³-hybridized carbons (Fsp3) is 0.222. The van der Waals surface area contributed by atoms with Crippen LogP contribution in [0, 0.1) is 18.3 Å². The van der Waals surface area contributed by atoms with Gasteiger partial charge in [-0.2, -0.15) is 10.2 Å². The molecular formula is C27H24ClN7O2. The zero-order chi connectivity index (χ0) is 26.4. The molecule has 0 saturated heterocycles. The average Bonchev–Trinajstić information content (AvgIpc) is 3.40. The van der Waals surface area contributed by atoms with E-state index in [0.717, 1.165) is 16.8 Å². The summed E-state index contributed by atoms with van der Waals surface area (Å²) in [5.74, 6) is 0.588. The SMILES string of the molecule is COc1nc(N)ncc1-c1nc2c(n1C(C)C)C(c1ccc(C#N)cc1)N(c1cc(Cl)ccc1C)C2=O. The Labute approximate surface area is 219 Å². The van der Waals surface area contributed by atoms with E-state index in [2.05, 4.69) is 16.0 Å². The summed E-state index contributed by atoms with van der Waals surface area (Å²) in [6.07, 6.45) is 1.55. The molecule has 1 aliphatic heterocycles. The largest absolute Gasteiger partial charge is 0.480 e. The van der Waals surface area contributed by atoms with Crippen LogP contribution < -0.4 is 15.4 Å². The van der Waals surface area contributed by atoms with Crippen LogP contribution in [-0.2, 0) is 0 Å². The molecule has 2 N–H and O–H groups in total. The summed E-state index contributed by atoms with van der Waals surface area (Å²) in [4.78, 5) is 29.0. The number of anilines is 2. The molecule has 1 atom stereocenters. The third-order valence-corrected chi connectivity index (χ3v) is 6.63. The number of methoxy groups -OCH3 is 1. The van der Waals surface area contributed by atoms with Gasteiger partial charge in [0, 0.05) is 22.9 Å². The van der Waals surface area contributed by atoms with Crippen molar-refractivity contribution in [2.75, 3.05) is 17.7 Å². The van der Waals surface area contributed by atoms with Crippen LogP contribution in [0.4, 0.5) is 11.6 Å². The molecule has 0 bridgehead atoms. The Morgan fingerprint density at radius 1 is 1.16 bits per heavy atom. The van der Waals surface area contributed by atoms with Crippen LogP contribution in [0.2, 0.25) is 5.02 Å². The number of nitriles is 1. The summed E-state index contributed by atoms with van der Waals surface area (Å²) in [5.41, 5.74) is 10.3. The highest BCUT2D eigenvalue weighted by atomic mass is 35.5. The highest BCUT2D eigenvalue weighted by Crippen LogP contribution is 2.46. The average molecular weight is 514 g/mol. The van der Waals surface area contributed by atoms with Crippen molar-refractivity contribution in [2.45, 2.75) is 32.9 Å². The number of carbonyl (C=O) groups is 1. The molecule has 4 aromatic rings. The van der Waals surface area contributed by atoms with E-state index in [9.17, 15) is 10.1 Å². The number of nitrogen functional groups attached to an aromatic ring is 1. The number of hydrogen-bond acceptors (Lipinski definition) is 7. The lowest BCUT2D eigenvalue weighted by molar-refractivity contribution is 0.0989. The van der Waals surface area contributed by atoms with Crippen LogP contribution in [0.15, 0.2) is 48.7 Å². The van der Waals surface area contributed by atoms with Crippen LogP contribution in [0.25, 0.3) is 11.4 Å². The Balaban J connectivity index is 1.80. The number of hydrogen-bond donors (Lipinski definition) is 1. The number of nitrogens with two attached hydrogens (primary N) is 1. The number of imidazole rings is 1. The van der Waals surface area contributed by atoms with E-state index in [-0.39, 0.29) is 23.8 Å². The normalized spacial score (nSPS) is 14.7. The Morgan fingerprint density at radius 2 is 1.89 bits per heavy atom. The molecule has 0 saturated carbocycles. The first-order chi connectivity index (χ1) is 17.7. The molecule has 0 radical (unpaired) electrons. The first kappa shape index (κ1) is 24.3. The van der Waals surface area contributed by atoms with Crippen LogP contribution in [0.3, 0.4) is 0 Å². The zero-order valence-electron chi connectivity index (χ0n) is 20.7. The summed E-state index contributed by atoms with van der Waals surface area (Å²) >= 11 is 6.36. The molecule has 2 aromatic heterocycles.